The molecule has 3 N–H and O–H groups in total. The van der Waals surface area contributed by atoms with Gasteiger partial charge in [-0.05, 0) is 60.2 Å². The van der Waals surface area contributed by atoms with Crippen LogP contribution in [-0.4, -0.2) is 18.0 Å². The van der Waals surface area contributed by atoms with Crippen molar-refractivity contribution < 1.29 is 9.59 Å². The van der Waals surface area contributed by atoms with Gasteiger partial charge >= 0.3 is 6.03 Å². The van der Waals surface area contributed by atoms with Crippen molar-refractivity contribution in [3.8, 4) is 0 Å². The highest BCUT2D eigenvalue weighted by Gasteiger charge is 2.20. The van der Waals surface area contributed by atoms with E-state index >= 15 is 0 Å². The Hall–Kier alpha value is -3.34. The fourth-order valence-corrected chi connectivity index (χ4v) is 4.51. The summed E-state index contributed by atoms with van der Waals surface area (Å²) in [5, 5.41) is 11.1. The number of anilines is 2. The Labute approximate surface area is 189 Å². The molecule has 32 heavy (non-hydrogen) atoms. The van der Waals surface area contributed by atoms with Gasteiger partial charge in [-0.1, -0.05) is 68.7 Å². The lowest BCUT2D eigenvalue weighted by atomic mass is 9.95. The second-order valence-corrected chi connectivity index (χ2v) is 8.60. The molecule has 5 heteroatoms. The van der Waals surface area contributed by atoms with Gasteiger partial charge in [0.05, 0.1) is 11.3 Å². The van der Waals surface area contributed by atoms with Crippen LogP contribution in [0.2, 0.25) is 0 Å². The number of benzene rings is 3. The Morgan fingerprint density at radius 1 is 0.906 bits per heavy atom. The van der Waals surface area contributed by atoms with Crippen molar-refractivity contribution in [2.75, 3.05) is 10.6 Å². The predicted octanol–water partition coefficient (Wildman–Crippen LogP) is 6.42. The maximum absolute atomic E-state index is 13.2. The average Bonchev–Trinajstić information content (AvgIpc) is 2.80. The third-order valence-corrected chi connectivity index (χ3v) is 6.30. The highest BCUT2D eigenvalue weighted by Crippen LogP contribution is 2.27. The standard InChI is InChI=1S/C27H31N3O2/c1-3-19-13-9-10-18(2)25(19)30-27(32)29-24-17-21-12-8-7-11-20(21)16-23(24)26(31)28-22-14-5-4-6-15-22/h7-13,16-17,22H,3-6,14-15H2,1-2H3,(H,28,31)(H2,29,30,32). The van der Waals surface area contributed by atoms with Gasteiger partial charge in [-0.25, -0.2) is 4.79 Å². The van der Waals surface area contributed by atoms with E-state index in [0.717, 1.165) is 59.7 Å². The topological polar surface area (TPSA) is 70.2 Å². The first-order valence-corrected chi connectivity index (χ1v) is 11.6. The lowest BCUT2D eigenvalue weighted by Gasteiger charge is -2.23. The zero-order chi connectivity index (χ0) is 22.5. The first kappa shape index (κ1) is 21.9. The number of fused-ring (bicyclic) bond motifs is 1. The number of carbonyl (C=O) groups excluding carboxylic acids is 2. The van der Waals surface area contributed by atoms with E-state index in [1.807, 2.05) is 61.5 Å². The molecule has 1 aliphatic carbocycles. The SMILES string of the molecule is CCc1cccc(C)c1NC(=O)Nc1cc2ccccc2cc1C(=O)NC1CCCCC1. The largest absolute Gasteiger partial charge is 0.349 e. The molecule has 0 aromatic heterocycles. The molecular weight excluding hydrogens is 398 g/mol. The van der Waals surface area contributed by atoms with Crippen LogP contribution in [-0.2, 0) is 6.42 Å². The Balaban J connectivity index is 1.61. The molecule has 0 unspecified atom stereocenters. The summed E-state index contributed by atoms with van der Waals surface area (Å²) >= 11 is 0. The third kappa shape index (κ3) is 4.93. The number of rotatable bonds is 5. The summed E-state index contributed by atoms with van der Waals surface area (Å²) in [5.74, 6) is -0.136. The molecule has 0 radical (unpaired) electrons. The van der Waals surface area contributed by atoms with Crippen LogP contribution in [0.5, 0.6) is 0 Å². The molecule has 1 aliphatic rings. The quantitative estimate of drug-likeness (QED) is 0.438. The zero-order valence-corrected chi connectivity index (χ0v) is 18.8. The number of nitrogens with one attached hydrogen (secondary N) is 3. The highest BCUT2D eigenvalue weighted by atomic mass is 16.2. The van der Waals surface area contributed by atoms with E-state index in [1.54, 1.807) is 0 Å². The lowest BCUT2D eigenvalue weighted by Crippen LogP contribution is -2.36. The van der Waals surface area contributed by atoms with Gasteiger partial charge in [0.25, 0.3) is 5.91 Å². The molecule has 3 aromatic carbocycles. The maximum Gasteiger partial charge on any atom is 0.323 e. The predicted molar refractivity (Wildman–Crippen MR) is 131 cm³/mol. The molecule has 0 bridgehead atoms. The van der Waals surface area contributed by atoms with Crippen molar-refractivity contribution in [3.05, 3.63) is 71.3 Å². The molecule has 1 fully saturated rings. The summed E-state index contributed by atoms with van der Waals surface area (Å²) in [6.45, 7) is 4.04. The minimum Gasteiger partial charge on any atom is -0.349 e. The van der Waals surface area contributed by atoms with Crippen molar-refractivity contribution in [2.24, 2.45) is 0 Å². The molecular formula is C27H31N3O2. The van der Waals surface area contributed by atoms with Crippen molar-refractivity contribution in [2.45, 2.75) is 58.4 Å². The average molecular weight is 430 g/mol. The van der Waals surface area contributed by atoms with Gasteiger partial charge in [-0.3, -0.25) is 4.79 Å². The van der Waals surface area contributed by atoms with E-state index < -0.39 is 0 Å². The molecule has 0 spiro atoms. The van der Waals surface area contributed by atoms with Crippen LogP contribution in [0.3, 0.4) is 0 Å². The fraction of sp³-hybridized carbons (Fsp3) is 0.333. The lowest BCUT2D eigenvalue weighted by molar-refractivity contribution is 0.0928. The van der Waals surface area contributed by atoms with Gasteiger partial charge in [0.15, 0.2) is 0 Å². The first-order valence-electron chi connectivity index (χ1n) is 11.6. The number of aryl methyl sites for hydroxylation is 2. The fourth-order valence-electron chi connectivity index (χ4n) is 4.51. The maximum atomic E-state index is 13.2. The van der Waals surface area contributed by atoms with Crippen LogP contribution in [0.4, 0.5) is 16.2 Å². The Morgan fingerprint density at radius 2 is 1.62 bits per heavy atom. The summed E-state index contributed by atoms with van der Waals surface area (Å²) in [7, 11) is 0. The molecule has 0 atom stereocenters. The number of hydrogen-bond donors (Lipinski definition) is 3. The van der Waals surface area contributed by atoms with Gasteiger partial charge in [-0.2, -0.15) is 0 Å². The second kappa shape index (κ2) is 9.86. The molecule has 4 rings (SSSR count). The molecule has 3 amide bonds. The Kier molecular flexibility index (Phi) is 6.74. The number of para-hydroxylation sites is 1. The normalized spacial score (nSPS) is 14.2. The van der Waals surface area contributed by atoms with Crippen LogP contribution in [0, 0.1) is 6.92 Å². The molecule has 5 nitrogen and oxygen atoms in total. The van der Waals surface area contributed by atoms with E-state index in [4.69, 9.17) is 0 Å². The van der Waals surface area contributed by atoms with E-state index in [2.05, 4.69) is 22.9 Å². The van der Waals surface area contributed by atoms with Crippen LogP contribution in [0.15, 0.2) is 54.6 Å². The van der Waals surface area contributed by atoms with E-state index in [-0.39, 0.29) is 18.0 Å². The van der Waals surface area contributed by atoms with E-state index in [9.17, 15) is 9.59 Å². The molecule has 3 aromatic rings. The molecule has 0 saturated heterocycles. The minimum absolute atomic E-state index is 0.136. The van der Waals surface area contributed by atoms with Gasteiger partial charge in [-0.15, -0.1) is 0 Å². The zero-order valence-electron chi connectivity index (χ0n) is 18.8. The molecule has 0 heterocycles. The first-order chi connectivity index (χ1) is 15.5. The summed E-state index contributed by atoms with van der Waals surface area (Å²) in [4.78, 5) is 26.1. The molecule has 0 aliphatic heterocycles. The summed E-state index contributed by atoms with van der Waals surface area (Å²) < 4.78 is 0. The number of carbonyl (C=O) groups is 2. The van der Waals surface area contributed by atoms with Crippen LogP contribution < -0.4 is 16.0 Å². The van der Waals surface area contributed by atoms with Crippen molar-refractivity contribution >= 4 is 34.1 Å². The Bertz CT molecular complexity index is 1130. The van der Waals surface area contributed by atoms with Crippen molar-refractivity contribution in [1.29, 1.82) is 0 Å². The van der Waals surface area contributed by atoms with Crippen molar-refractivity contribution in [3.63, 3.8) is 0 Å². The second-order valence-electron chi connectivity index (χ2n) is 8.60. The van der Waals surface area contributed by atoms with Crippen LogP contribution in [0.25, 0.3) is 10.8 Å². The number of amides is 3. The summed E-state index contributed by atoms with van der Waals surface area (Å²) in [5.41, 5.74) is 3.91. The summed E-state index contributed by atoms with van der Waals surface area (Å²) in [6.07, 6.45) is 6.36. The number of hydrogen-bond acceptors (Lipinski definition) is 2. The summed E-state index contributed by atoms with van der Waals surface area (Å²) in [6, 6.07) is 17.5. The van der Waals surface area contributed by atoms with Gasteiger partial charge in [0, 0.05) is 11.7 Å². The minimum atomic E-state index is -0.351. The highest BCUT2D eigenvalue weighted by molar-refractivity contribution is 6.10. The van der Waals surface area contributed by atoms with Gasteiger partial charge < -0.3 is 16.0 Å². The number of urea groups is 1. The molecule has 1 saturated carbocycles. The smallest absolute Gasteiger partial charge is 0.323 e. The van der Waals surface area contributed by atoms with Crippen LogP contribution in [0.1, 0.15) is 60.5 Å². The van der Waals surface area contributed by atoms with E-state index in [1.165, 1.54) is 6.42 Å². The third-order valence-electron chi connectivity index (χ3n) is 6.30. The molecule has 166 valence electrons. The van der Waals surface area contributed by atoms with Gasteiger partial charge in [0.2, 0.25) is 0 Å². The monoisotopic (exact) mass is 429 g/mol. The van der Waals surface area contributed by atoms with E-state index in [0.29, 0.717) is 11.3 Å². The van der Waals surface area contributed by atoms with Crippen LogP contribution >= 0.6 is 0 Å². The Morgan fingerprint density at radius 3 is 2.34 bits per heavy atom. The van der Waals surface area contributed by atoms with Gasteiger partial charge in [0.1, 0.15) is 0 Å². The van der Waals surface area contributed by atoms with Crippen molar-refractivity contribution in [1.82, 2.24) is 5.32 Å².